The molecule has 2 aromatic rings. The van der Waals surface area contributed by atoms with Gasteiger partial charge in [0, 0.05) is 17.8 Å². The monoisotopic (exact) mass is 277 g/mol. The molecular formula is C15H20ClN3. The summed E-state index contributed by atoms with van der Waals surface area (Å²) in [7, 11) is 0. The first-order valence-electron chi connectivity index (χ1n) is 6.58. The molecule has 0 atom stereocenters. The lowest BCUT2D eigenvalue weighted by Gasteiger charge is -2.07. The highest BCUT2D eigenvalue weighted by atomic mass is 35.5. The molecule has 102 valence electrons. The zero-order valence-corrected chi connectivity index (χ0v) is 12.4. The molecule has 0 radical (unpaired) electrons. The average Bonchev–Trinajstić information content (AvgIpc) is 2.80. The third-order valence-electron chi connectivity index (χ3n) is 2.92. The van der Waals surface area contributed by atoms with Crippen LogP contribution in [0.3, 0.4) is 0 Å². The second kappa shape index (κ2) is 6.22. The van der Waals surface area contributed by atoms with Crippen molar-refractivity contribution in [3.63, 3.8) is 0 Å². The summed E-state index contributed by atoms with van der Waals surface area (Å²) in [4.78, 5) is 0. The van der Waals surface area contributed by atoms with Crippen LogP contribution >= 0.6 is 11.6 Å². The third-order valence-corrected chi connectivity index (χ3v) is 3.16. The highest BCUT2D eigenvalue weighted by Crippen LogP contribution is 2.19. The second-order valence-electron chi connectivity index (χ2n) is 5.21. The van der Waals surface area contributed by atoms with Gasteiger partial charge in [0.25, 0.3) is 0 Å². The highest BCUT2D eigenvalue weighted by molar-refractivity contribution is 6.30. The molecule has 3 nitrogen and oxygen atoms in total. The Morgan fingerprint density at radius 1 is 1.32 bits per heavy atom. The van der Waals surface area contributed by atoms with Gasteiger partial charge in [-0.2, -0.15) is 5.10 Å². The maximum atomic E-state index is 6.04. The number of nitrogens with one attached hydrogen (secondary N) is 1. The van der Waals surface area contributed by atoms with Crippen molar-refractivity contribution < 1.29 is 0 Å². The van der Waals surface area contributed by atoms with Gasteiger partial charge in [0.1, 0.15) is 0 Å². The molecule has 0 aliphatic heterocycles. The van der Waals surface area contributed by atoms with E-state index in [1.54, 1.807) is 0 Å². The van der Waals surface area contributed by atoms with E-state index >= 15 is 0 Å². The smallest absolute Gasteiger partial charge is 0.0766 e. The van der Waals surface area contributed by atoms with Crippen LogP contribution in [-0.4, -0.2) is 16.3 Å². The Kier molecular flexibility index (Phi) is 4.61. The molecule has 0 unspecified atom stereocenters. The number of hydrogen-bond donors (Lipinski definition) is 1. The van der Waals surface area contributed by atoms with Crippen molar-refractivity contribution in [2.45, 2.75) is 27.3 Å². The van der Waals surface area contributed by atoms with Gasteiger partial charge in [-0.05, 0) is 43.1 Å². The molecular weight excluding hydrogens is 258 g/mol. The molecule has 0 bridgehead atoms. The van der Waals surface area contributed by atoms with E-state index in [9.17, 15) is 0 Å². The molecule has 0 saturated heterocycles. The van der Waals surface area contributed by atoms with Crippen molar-refractivity contribution in [1.82, 2.24) is 15.1 Å². The number of rotatable bonds is 5. The van der Waals surface area contributed by atoms with Gasteiger partial charge >= 0.3 is 0 Å². The lowest BCUT2D eigenvalue weighted by molar-refractivity contribution is 0.546. The Bertz CT molecular complexity index is 546. The van der Waals surface area contributed by atoms with Gasteiger partial charge in [0.05, 0.1) is 11.4 Å². The van der Waals surface area contributed by atoms with Crippen LogP contribution in [0.15, 0.2) is 30.5 Å². The standard InChI is InChI=1S/C15H20ClN3/c1-11(2)9-17-10-14-6-7-19(18-14)15-8-13(16)5-4-12(15)3/h4-8,11,17H,9-10H2,1-3H3. The molecule has 1 aromatic carbocycles. The summed E-state index contributed by atoms with van der Waals surface area (Å²) in [6.45, 7) is 8.25. The molecule has 0 spiro atoms. The van der Waals surface area contributed by atoms with Crippen LogP contribution < -0.4 is 5.32 Å². The van der Waals surface area contributed by atoms with E-state index in [0.29, 0.717) is 5.92 Å². The van der Waals surface area contributed by atoms with Crippen LogP contribution in [0.2, 0.25) is 5.02 Å². The van der Waals surface area contributed by atoms with Gasteiger partial charge < -0.3 is 5.32 Å². The maximum Gasteiger partial charge on any atom is 0.0766 e. The molecule has 0 fully saturated rings. The first-order chi connectivity index (χ1) is 9.06. The Hall–Kier alpha value is -1.32. The van der Waals surface area contributed by atoms with Gasteiger partial charge in [0.15, 0.2) is 0 Å². The van der Waals surface area contributed by atoms with Crippen molar-refractivity contribution in [3.8, 4) is 5.69 Å². The molecule has 1 aromatic heterocycles. The molecule has 0 saturated carbocycles. The van der Waals surface area contributed by atoms with Crippen LogP contribution in [-0.2, 0) is 6.54 Å². The third kappa shape index (κ3) is 3.82. The summed E-state index contributed by atoms with van der Waals surface area (Å²) in [6.07, 6.45) is 1.98. The molecule has 4 heteroatoms. The van der Waals surface area contributed by atoms with E-state index in [4.69, 9.17) is 11.6 Å². The van der Waals surface area contributed by atoms with Gasteiger partial charge in [0.2, 0.25) is 0 Å². The summed E-state index contributed by atoms with van der Waals surface area (Å²) >= 11 is 6.04. The number of nitrogens with zero attached hydrogens (tertiary/aromatic N) is 2. The molecule has 1 N–H and O–H groups in total. The normalized spacial score (nSPS) is 11.2. The van der Waals surface area contributed by atoms with Crippen molar-refractivity contribution >= 4 is 11.6 Å². The Morgan fingerprint density at radius 2 is 2.11 bits per heavy atom. The minimum Gasteiger partial charge on any atom is -0.311 e. The van der Waals surface area contributed by atoms with Crippen molar-refractivity contribution in [3.05, 3.63) is 46.7 Å². The molecule has 0 aliphatic carbocycles. The van der Waals surface area contributed by atoms with Crippen molar-refractivity contribution in [2.75, 3.05) is 6.54 Å². The van der Waals surface area contributed by atoms with Gasteiger partial charge in [-0.3, -0.25) is 0 Å². The summed E-state index contributed by atoms with van der Waals surface area (Å²) in [5, 5.41) is 8.70. The fourth-order valence-electron chi connectivity index (χ4n) is 1.91. The van der Waals surface area contributed by atoms with Crippen LogP contribution in [0, 0.1) is 12.8 Å². The van der Waals surface area contributed by atoms with E-state index < -0.39 is 0 Å². The van der Waals surface area contributed by atoms with E-state index in [-0.39, 0.29) is 0 Å². The Morgan fingerprint density at radius 3 is 2.84 bits per heavy atom. The molecule has 19 heavy (non-hydrogen) atoms. The fourth-order valence-corrected chi connectivity index (χ4v) is 2.07. The largest absolute Gasteiger partial charge is 0.311 e. The predicted octanol–water partition coefficient (Wildman–Crippen LogP) is 3.58. The predicted molar refractivity (Wildman–Crippen MR) is 79.9 cm³/mol. The van der Waals surface area contributed by atoms with Crippen LogP contribution in [0.25, 0.3) is 5.69 Å². The van der Waals surface area contributed by atoms with Crippen molar-refractivity contribution in [1.29, 1.82) is 0 Å². The highest BCUT2D eigenvalue weighted by Gasteiger charge is 2.05. The van der Waals surface area contributed by atoms with E-state index in [1.807, 2.05) is 35.1 Å². The van der Waals surface area contributed by atoms with Gasteiger partial charge in [-0.1, -0.05) is 31.5 Å². The minimum atomic E-state index is 0.650. The van der Waals surface area contributed by atoms with Gasteiger partial charge in [-0.15, -0.1) is 0 Å². The number of aryl methyl sites for hydroxylation is 1. The zero-order chi connectivity index (χ0) is 13.8. The molecule has 1 heterocycles. The van der Waals surface area contributed by atoms with E-state index in [1.165, 1.54) is 0 Å². The first-order valence-corrected chi connectivity index (χ1v) is 6.96. The van der Waals surface area contributed by atoms with Crippen LogP contribution in [0.5, 0.6) is 0 Å². The molecule has 0 amide bonds. The summed E-state index contributed by atoms with van der Waals surface area (Å²) < 4.78 is 1.88. The summed E-state index contributed by atoms with van der Waals surface area (Å²) in [5.41, 5.74) is 3.23. The number of benzene rings is 1. The van der Waals surface area contributed by atoms with Gasteiger partial charge in [-0.25, -0.2) is 4.68 Å². The topological polar surface area (TPSA) is 29.9 Å². The summed E-state index contributed by atoms with van der Waals surface area (Å²) in [5.74, 6) is 0.650. The Balaban J connectivity index is 2.10. The number of aromatic nitrogens is 2. The minimum absolute atomic E-state index is 0.650. The molecule has 0 aliphatic rings. The van der Waals surface area contributed by atoms with E-state index in [2.05, 4.69) is 31.2 Å². The second-order valence-corrected chi connectivity index (χ2v) is 5.64. The van der Waals surface area contributed by atoms with Crippen LogP contribution in [0.4, 0.5) is 0 Å². The number of halogens is 1. The van der Waals surface area contributed by atoms with E-state index in [0.717, 1.165) is 35.1 Å². The Labute approximate surface area is 119 Å². The molecule has 2 rings (SSSR count). The maximum absolute atomic E-state index is 6.04. The number of hydrogen-bond acceptors (Lipinski definition) is 2. The zero-order valence-electron chi connectivity index (χ0n) is 11.7. The van der Waals surface area contributed by atoms with Crippen LogP contribution in [0.1, 0.15) is 25.1 Å². The average molecular weight is 278 g/mol. The SMILES string of the molecule is Cc1ccc(Cl)cc1-n1ccc(CNCC(C)C)n1. The summed E-state index contributed by atoms with van der Waals surface area (Å²) in [6, 6.07) is 7.88. The lowest BCUT2D eigenvalue weighted by atomic mass is 10.2. The quantitative estimate of drug-likeness (QED) is 0.905. The lowest BCUT2D eigenvalue weighted by Crippen LogP contribution is -2.19. The first kappa shape index (κ1) is 14.1. The van der Waals surface area contributed by atoms with Crippen molar-refractivity contribution in [2.24, 2.45) is 5.92 Å². The fraction of sp³-hybridized carbons (Fsp3) is 0.400.